The predicted octanol–water partition coefficient (Wildman–Crippen LogP) is 1.33. The van der Waals surface area contributed by atoms with E-state index in [4.69, 9.17) is 5.73 Å². The lowest BCUT2D eigenvalue weighted by Crippen LogP contribution is -2.38. The van der Waals surface area contributed by atoms with Crippen LogP contribution >= 0.6 is 11.3 Å². The van der Waals surface area contributed by atoms with Gasteiger partial charge in [-0.2, -0.15) is 0 Å². The molecule has 1 saturated heterocycles. The Balaban J connectivity index is 1.55. The van der Waals surface area contributed by atoms with Crippen LogP contribution in [0.4, 0.5) is 5.95 Å². The van der Waals surface area contributed by atoms with Crippen LogP contribution in [0.15, 0.2) is 28.4 Å². The number of anilines is 1. The van der Waals surface area contributed by atoms with Crippen LogP contribution in [0.1, 0.15) is 23.9 Å². The molecule has 2 aromatic heterocycles. The zero-order valence-corrected chi connectivity index (χ0v) is 16.0. The summed E-state index contributed by atoms with van der Waals surface area (Å²) in [6.07, 6.45) is 1.72. The van der Waals surface area contributed by atoms with Gasteiger partial charge < -0.3 is 10.6 Å². The largest absolute Gasteiger partial charge is 0.369 e. The van der Waals surface area contributed by atoms with Gasteiger partial charge >= 0.3 is 0 Å². The lowest BCUT2D eigenvalue weighted by molar-refractivity contribution is -0.134. The van der Waals surface area contributed by atoms with Crippen molar-refractivity contribution in [2.24, 2.45) is 5.92 Å². The quantitative estimate of drug-likeness (QED) is 0.794. The van der Waals surface area contributed by atoms with Crippen LogP contribution in [0, 0.1) is 5.92 Å². The van der Waals surface area contributed by atoms with Crippen LogP contribution in [-0.2, 0) is 17.8 Å². The number of likely N-dealkylation sites (tertiary alicyclic amines) is 1. The molecule has 3 N–H and O–H groups in total. The van der Waals surface area contributed by atoms with Crippen molar-refractivity contribution >= 4 is 23.2 Å². The van der Waals surface area contributed by atoms with E-state index in [0.29, 0.717) is 18.8 Å². The molecule has 3 rings (SSSR count). The van der Waals surface area contributed by atoms with Crippen molar-refractivity contribution in [3.8, 4) is 0 Å². The number of hydrogen-bond acceptors (Lipinski definition) is 6. The van der Waals surface area contributed by atoms with E-state index in [2.05, 4.69) is 20.9 Å². The standard InChI is InChI=1S/C18H25N5O2S/c1-12(8-15-4-3-7-26-15)17(25)23-6-5-14(11-23)22(2)10-13-9-16(24)21-18(19)20-13/h3-4,7,9,12,14H,5-6,8,10-11H2,1-2H3,(H3,19,20,21,24)/t12-,14+/m1/s1. The number of hydrogen-bond donors (Lipinski definition) is 2. The second kappa shape index (κ2) is 8.01. The van der Waals surface area contributed by atoms with E-state index >= 15 is 0 Å². The van der Waals surface area contributed by atoms with E-state index in [1.807, 2.05) is 30.3 Å². The monoisotopic (exact) mass is 375 g/mol. The number of nitrogens with one attached hydrogen (secondary N) is 1. The summed E-state index contributed by atoms with van der Waals surface area (Å²) in [7, 11) is 1.99. The van der Waals surface area contributed by atoms with Gasteiger partial charge in [0.05, 0.1) is 5.69 Å². The molecule has 0 bridgehead atoms. The molecule has 140 valence electrons. The van der Waals surface area contributed by atoms with Gasteiger partial charge in [0.1, 0.15) is 0 Å². The predicted molar refractivity (Wildman–Crippen MR) is 103 cm³/mol. The van der Waals surface area contributed by atoms with Gasteiger partial charge in [-0.3, -0.25) is 19.5 Å². The minimum atomic E-state index is -0.244. The molecular formula is C18H25N5O2S. The number of nitrogen functional groups attached to an aromatic ring is 1. The van der Waals surface area contributed by atoms with Crippen molar-refractivity contribution in [2.75, 3.05) is 25.9 Å². The molecule has 0 saturated carbocycles. The molecule has 1 fully saturated rings. The first-order valence-corrected chi connectivity index (χ1v) is 9.67. The van der Waals surface area contributed by atoms with Crippen molar-refractivity contribution in [2.45, 2.75) is 32.4 Å². The molecule has 3 heterocycles. The lowest BCUT2D eigenvalue weighted by Gasteiger charge is -2.25. The Morgan fingerprint density at radius 3 is 3.08 bits per heavy atom. The van der Waals surface area contributed by atoms with Crippen molar-refractivity contribution in [1.29, 1.82) is 0 Å². The van der Waals surface area contributed by atoms with Gasteiger partial charge in [-0.1, -0.05) is 13.0 Å². The van der Waals surface area contributed by atoms with Crippen LogP contribution in [0.2, 0.25) is 0 Å². The molecule has 7 nitrogen and oxygen atoms in total. The lowest BCUT2D eigenvalue weighted by atomic mass is 10.1. The number of H-pyrrole nitrogens is 1. The molecule has 0 spiro atoms. The van der Waals surface area contributed by atoms with Gasteiger partial charge in [0, 0.05) is 42.5 Å². The van der Waals surface area contributed by atoms with Gasteiger partial charge in [-0.15, -0.1) is 11.3 Å². The molecule has 1 amide bonds. The van der Waals surface area contributed by atoms with Gasteiger partial charge in [0.2, 0.25) is 11.9 Å². The summed E-state index contributed by atoms with van der Waals surface area (Å²) >= 11 is 1.70. The summed E-state index contributed by atoms with van der Waals surface area (Å²) in [4.78, 5) is 36.2. The Morgan fingerprint density at radius 2 is 2.38 bits per heavy atom. The average Bonchev–Trinajstić information content (AvgIpc) is 3.24. The number of amides is 1. The topological polar surface area (TPSA) is 95.3 Å². The third kappa shape index (κ3) is 4.50. The van der Waals surface area contributed by atoms with E-state index in [0.717, 1.165) is 19.4 Å². The van der Waals surface area contributed by atoms with Crippen LogP contribution in [0.3, 0.4) is 0 Å². The number of thiophene rings is 1. The van der Waals surface area contributed by atoms with Crippen molar-refractivity contribution in [3.63, 3.8) is 0 Å². The average molecular weight is 375 g/mol. The summed E-state index contributed by atoms with van der Waals surface area (Å²) in [5.74, 6) is 0.339. The molecule has 1 aliphatic heterocycles. The fraction of sp³-hybridized carbons (Fsp3) is 0.500. The van der Waals surface area contributed by atoms with Gasteiger partial charge in [0.15, 0.2) is 0 Å². The maximum Gasteiger partial charge on any atom is 0.252 e. The van der Waals surface area contributed by atoms with E-state index in [1.165, 1.54) is 10.9 Å². The van der Waals surface area contributed by atoms with Crippen LogP contribution in [0.5, 0.6) is 0 Å². The minimum absolute atomic E-state index is 0.00754. The number of aromatic nitrogens is 2. The number of carbonyl (C=O) groups is 1. The van der Waals surface area contributed by atoms with Gasteiger partial charge in [-0.25, -0.2) is 4.98 Å². The molecule has 0 radical (unpaired) electrons. The Hall–Kier alpha value is -2.19. The number of likely N-dealkylation sites (N-methyl/N-ethyl adjacent to an activating group) is 1. The van der Waals surface area contributed by atoms with Crippen molar-refractivity contribution in [1.82, 2.24) is 19.8 Å². The number of nitrogens with zero attached hydrogens (tertiary/aromatic N) is 3. The number of aromatic amines is 1. The van der Waals surface area contributed by atoms with Crippen LogP contribution < -0.4 is 11.3 Å². The Bertz CT molecular complexity index is 804. The SMILES string of the molecule is C[C@H](Cc1cccs1)C(=O)N1CC[C@H](N(C)Cc2cc(=O)[nH]c(N)n2)C1. The van der Waals surface area contributed by atoms with Crippen molar-refractivity contribution in [3.05, 3.63) is 44.5 Å². The molecule has 8 heteroatoms. The molecule has 26 heavy (non-hydrogen) atoms. The minimum Gasteiger partial charge on any atom is -0.369 e. The zero-order valence-electron chi connectivity index (χ0n) is 15.1. The Morgan fingerprint density at radius 1 is 1.58 bits per heavy atom. The summed E-state index contributed by atoms with van der Waals surface area (Å²) in [6, 6.07) is 5.83. The molecule has 0 aromatic carbocycles. The summed E-state index contributed by atoms with van der Waals surface area (Å²) in [5.41, 5.74) is 6.00. The van der Waals surface area contributed by atoms with E-state index < -0.39 is 0 Å². The first kappa shape index (κ1) is 18.6. The molecule has 1 aliphatic rings. The highest BCUT2D eigenvalue weighted by Crippen LogP contribution is 2.21. The highest BCUT2D eigenvalue weighted by molar-refractivity contribution is 7.09. The smallest absolute Gasteiger partial charge is 0.252 e. The Labute approximate surface area is 156 Å². The molecule has 0 aliphatic carbocycles. The molecule has 2 atom stereocenters. The highest BCUT2D eigenvalue weighted by atomic mass is 32.1. The van der Waals surface area contributed by atoms with Crippen LogP contribution in [0.25, 0.3) is 0 Å². The highest BCUT2D eigenvalue weighted by Gasteiger charge is 2.31. The summed E-state index contributed by atoms with van der Waals surface area (Å²) in [6.45, 7) is 4.02. The number of carbonyl (C=O) groups excluding carboxylic acids is 1. The van der Waals surface area contributed by atoms with E-state index in [1.54, 1.807) is 11.3 Å². The zero-order chi connectivity index (χ0) is 18.7. The third-order valence-corrected chi connectivity index (χ3v) is 5.73. The van der Waals surface area contributed by atoms with Crippen molar-refractivity contribution < 1.29 is 4.79 Å². The Kier molecular flexibility index (Phi) is 5.73. The number of nitrogens with two attached hydrogens (primary N) is 1. The van der Waals surface area contributed by atoms with Crippen LogP contribution in [-0.4, -0.2) is 51.9 Å². The maximum atomic E-state index is 12.7. The number of rotatable bonds is 6. The van der Waals surface area contributed by atoms with E-state index in [-0.39, 0.29) is 29.4 Å². The fourth-order valence-electron chi connectivity index (χ4n) is 3.43. The third-order valence-electron chi connectivity index (χ3n) is 4.83. The first-order chi connectivity index (χ1) is 12.4. The summed E-state index contributed by atoms with van der Waals surface area (Å²) in [5, 5.41) is 2.04. The van der Waals surface area contributed by atoms with Gasteiger partial charge in [-0.05, 0) is 31.3 Å². The second-order valence-corrected chi connectivity index (χ2v) is 7.98. The first-order valence-electron chi connectivity index (χ1n) is 8.79. The summed E-state index contributed by atoms with van der Waals surface area (Å²) < 4.78 is 0. The van der Waals surface area contributed by atoms with E-state index in [9.17, 15) is 9.59 Å². The second-order valence-electron chi connectivity index (χ2n) is 6.95. The fourth-order valence-corrected chi connectivity index (χ4v) is 4.26. The maximum absolute atomic E-state index is 12.7. The normalized spacial score (nSPS) is 18.4. The molecule has 2 aromatic rings. The molecule has 0 unspecified atom stereocenters. The van der Waals surface area contributed by atoms with Gasteiger partial charge in [0.25, 0.3) is 5.56 Å². The molecular weight excluding hydrogens is 350 g/mol.